The summed E-state index contributed by atoms with van der Waals surface area (Å²) in [6.07, 6.45) is 3.03. The van der Waals surface area contributed by atoms with E-state index in [0.717, 1.165) is 19.3 Å². The molecule has 0 aliphatic rings. The minimum Gasteiger partial charge on any atom is -0.271 e. The lowest BCUT2D eigenvalue weighted by atomic mass is 9.94. The first-order chi connectivity index (χ1) is 9.78. The maximum absolute atomic E-state index is 5.78. The minimum absolute atomic E-state index is 0.165. The maximum atomic E-state index is 5.78. The van der Waals surface area contributed by atoms with E-state index < -0.39 is 0 Å². The van der Waals surface area contributed by atoms with Crippen LogP contribution < -0.4 is 11.3 Å². The summed E-state index contributed by atoms with van der Waals surface area (Å²) in [6, 6.07) is 17.5. The van der Waals surface area contributed by atoms with Gasteiger partial charge in [-0.05, 0) is 41.5 Å². The Balaban J connectivity index is 2.19. The van der Waals surface area contributed by atoms with Crippen LogP contribution in [0, 0.1) is 0 Å². The van der Waals surface area contributed by atoms with Gasteiger partial charge in [0.25, 0.3) is 0 Å². The molecule has 2 rings (SSSR count). The summed E-state index contributed by atoms with van der Waals surface area (Å²) >= 11 is 0. The number of benzene rings is 2. The molecule has 0 amide bonds. The Hall–Kier alpha value is -1.64. The third-order valence-electron chi connectivity index (χ3n) is 3.88. The van der Waals surface area contributed by atoms with Crippen LogP contribution in [0.5, 0.6) is 0 Å². The van der Waals surface area contributed by atoms with Gasteiger partial charge in [0.1, 0.15) is 0 Å². The van der Waals surface area contributed by atoms with Crippen LogP contribution in [0.4, 0.5) is 0 Å². The van der Waals surface area contributed by atoms with Crippen molar-refractivity contribution in [2.75, 3.05) is 0 Å². The molecule has 2 nitrogen and oxygen atoms in total. The van der Waals surface area contributed by atoms with Gasteiger partial charge < -0.3 is 0 Å². The van der Waals surface area contributed by atoms with Crippen molar-refractivity contribution in [2.45, 2.75) is 39.2 Å². The van der Waals surface area contributed by atoms with Crippen molar-refractivity contribution in [3.8, 4) is 0 Å². The van der Waals surface area contributed by atoms with Crippen molar-refractivity contribution < 1.29 is 0 Å². The van der Waals surface area contributed by atoms with Crippen molar-refractivity contribution in [3.63, 3.8) is 0 Å². The number of hydrazine groups is 1. The van der Waals surface area contributed by atoms with Crippen LogP contribution in [0.3, 0.4) is 0 Å². The van der Waals surface area contributed by atoms with Crippen LogP contribution in [0.25, 0.3) is 0 Å². The lowest BCUT2D eigenvalue weighted by Gasteiger charge is -2.19. The summed E-state index contributed by atoms with van der Waals surface area (Å²) in [6.45, 7) is 4.36. The van der Waals surface area contributed by atoms with Crippen LogP contribution in [0.2, 0.25) is 0 Å². The molecule has 2 aromatic rings. The van der Waals surface area contributed by atoms with Gasteiger partial charge in [-0.15, -0.1) is 0 Å². The molecule has 0 fully saturated rings. The van der Waals surface area contributed by atoms with Crippen LogP contribution in [-0.4, -0.2) is 0 Å². The molecule has 1 atom stereocenters. The first kappa shape index (κ1) is 14.8. The molecule has 3 N–H and O–H groups in total. The van der Waals surface area contributed by atoms with Crippen LogP contribution in [-0.2, 0) is 19.3 Å². The number of nitrogens with one attached hydrogen (secondary N) is 1. The topological polar surface area (TPSA) is 38.0 Å². The molecular weight excluding hydrogens is 244 g/mol. The molecule has 0 aliphatic heterocycles. The largest absolute Gasteiger partial charge is 0.271 e. The van der Waals surface area contributed by atoms with Gasteiger partial charge in [-0.1, -0.05) is 62.4 Å². The molecule has 106 valence electrons. The molecule has 0 saturated carbocycles. The molecule has 2 heteroatoms. The maximum Gasteiger partial charge on any atom is 0.0503 e. The van der Waals surface area contributed by atoms with Crippen molar-refractivity contribution in [1.29, 1.82) is 0 Å². The highest BCUT2D eigenvalue weighted by atomic mass is 15.2. The molecular formula is C18H24N2. The number of hydrogen-bond donors (Lipinski definition) is 2. The Labute approximate surface area is 122 Å². The van der Waals surface area contributed by atoms with E-state index >= 15 is 0 Å². The summed E-state index contributed by atoms with van der Waals surface area (Å²) in [5.74, 6) is 5.78. The Morgan fingerprint density at radius 1 is 0.900 bits per heavy atom. The van der Waals surface area contributed by atoms with E-state index in [1.54, 1.807) is 0 Å². The van der Waals surface area contributed by atoms with Crippen molar-refractivity contribution >= 4 is 0 Å². The molecule has 2 aromatic carbocycles. The smallest absolute Gasteiger partial charge is 0.0503 e. The van der Waals surface area contributed by atoms with E-state index in [2.05, 4.69) is 67.8 Å². The third-order valence-corrected chi connectivity index (χ3v) is 3.88. The highest BCUT2D eigenvalue weighted by molar-refractivity contribution is 5.32. The number of hydrogen-bond acceptors (Lipinski definition) is 2. The summed E-state index contributed by atoms with van der Waals surface area (Å²) in [5.41, 5.74) is 8.33. The van der Waals surface area contributed by atoms with Gasteiger partial charge in [0.15, 0.2) is 0 Å². The molecule has 0 aliphatic carbocycles. The Morgan fingerprint density at radius 2 is 1.55 bits per heavy atom. The second-order valence-electron chi connectivity index (χ2n) is 5.15. The van der Waals surface area contributed by atoms with E-state index in [-0.39, 0.29) is 6.04 Å². The fourth-order valence-corrected chi connectivity index (χ4v) is 2.60. The summed E-state index contributed by atoms with van der Waals surface area (Å²) in [7, 11) is 0. The Bertz CT molecular complexity index is 531. The number of aryl methyl sites for hydroxylation is 2. The Morgan fingerprint density at radius 3 is 2.15 bits per heavy atom. The van der Waals surface area contributed by atoms with Crippen LogP contribution in [0.1, 0.15) is 42.1 Å². The Kier molecular flexibility index (Phi) is 5.33. The predicted octanol–water partition coefficient (Wildman–Crippen LogP) is 3.56. The van der Waals surface area contributed by atoms with Crippen molar-refractivity contribution in [1.82, 2.24) is 5.43 Å². The van der Waals surface area contributed by atoms with Gasteiger partial charge in [0.05, 0.1) is 6.04 Å². The molecule has 0 bridgehead atoms. The zero-order valence-electron chi connectivity index (χ0n) is 12.4. The SMILES string of the molecule is CCc1ccc(CC(NN)c2ccccc2CC)cc1. The highest BCUT2D eigenvalue weighted by Crippen LogP contribution is 2.22. The highest BCUT2D eigenvalue weighted by Gasteiger charge is 2.13. The van der Waals surface area contributed by atoms with Crippen molar-refractivity contribution in [3.05, 3.63) is 70.8 Å². The zero-order chi connectivity index (χ0) is 14.4. The normalized spacial score (nSPS) is 12.3. The van der Waals surface area contributed by atoms with Crippen molar-refractivity contribution in [2.24, 2.45) is 5.84 Å². The fraction of sp³-hybridized carbons (Fsp3) is 0.333. The average Bonchev–Trinajstić information content (AvgIpc) is 2.53. The van der Waals surface area contributed by atoms with E-state index in [0.29, 0.717) is 0 Å². The molecule has 0 radical (unpaired) electrons. The average molecular weight is 268 g/mol. The number of nitrogens with two attached hydrogens (primary N) is 1. The van der Waals surface area contributed by atoms with Gasteiger partial charge in [-0.2, -0.15) is 0 Å². The van der Waals surface area contributed by atoms with E-state index in [4.69, 9.17) is 5.84 Å². The molecule has 0 spiro atoms. The van der Waals surface area contributed by atoms with Gasteiger partial charge in [0.2, 0.25) is 0 Å². The second-order valence-corrected chi connectivity index (χ2v) is 5.15. The summed E-state index contributed by atoms with van der Waals surface area (Å²) < 4.78 is 0. The second kappa shape index (κ2) is 7.22. The minimum atomic E-state index is 0.165. The molecule has 0 heterocycles. The third kappa shape index (κ3) is 3.47. The standard InChI is InChI=1S/C18H24N2/c1-3-14-9-11-15(12-10-14)13-18(20-19)17-8-6-5-7-16(17)4-2/h5-12,18,20H,3-4,13,19H2,1-2H3. The quantitative estimate of drug-likeness (QED) is 0.621. The summed E-state index contributed by atoms with van der Waals surface area (Å²) in [5, 5.41) is 0. The van der Waals surface area contributed by atoms with Gasteiger partial charge >= 0.3 is 0 Å². The fourth-order valence-electron chi connectivity index (χ4n) is 2.60. The van der Waals surface area contributed by atoms with Gasteiger partial charge in [-0.3, -0.25) is 11.3 Å². The summed E-state index contributed by atoms with van der Waals surface area (Å²) in [4.78, 5) is 0. The molecule has 0 saturated heterocycles. The van der Waals surface area contributed by atoms with Crippen LogP contribution >= 0.6 is 0 Å². The van der Waals surface area contributed by atoms with E-state index in [1.807, 2.05) is 0 Å². The predicted molar refractivity (Wildman–Crippen MR) is 85.4 cm³/mol. The molecule has 0 aromatic heterocycles. The number of rotatable bonds is 6. The molecule has 20 heavy (non-hydrogen) atoms. The van der Waals surface area contributed by atoms with Gasteiger partial charge in [0, 0.05) is 0 Å². The lowest BCUT2D eigenvalue weighted by molar-refractivity contribution is 0.548. The molecule has 1 unspecified atom stereocenters. The van der Waals surface area contributed by atoms with E-state index in [9.17, 15) is 0 Å². The first-order valence-electron chi connectivity index (χ1n) is 7.40. The van der Waals surface area contributed by atoms with Gasteiger partial charge in [-0.25, -0.2) is 0 Å². The first-order valence-corrected chi connectivity index (χ1v) is 7.40. The lowest BCUT2D eigenvalue weighted by Crippen LogP contribution is -2.30. The van der Waals surface area contributed by atoms with Crippen LogP contribution in [0.15, 0.2) is 48.5 Å². The zero-order valence-corrected chi connectivity index (χ0v) is 12.4. The van der Waals surface area contributed by atoms with E-state index in [1.165, 1.54) is 22.3 Å². The monoisotopic (exact) mass is 268 g/mol.